The minimum Gasteiger partial charge on any atom is -0.299 e. The molecule has 2 fully saturated rings. The van der Waals surface area contributed by atoms with Crippen LogP contribution in [0.15, 0.2) is 0 Å². The molecule has 0 aromatic rings. The van der Waals surface area contributed by atoms with Crippen LogP contribution in [0.1, 0.15) is 33.6 Å². The maximum absolute atomic E-state index is 11.3. The third kappa shape index (κ3) is 0.863. The topological polar surface area (TPSA) is 17.1 Å². The highest BCUT2D eigenvalue weighted by Gasteiger charge is 2.60. The van der Waals surface area contributed by atoms with Gasteiger partial charge in [-0.2, -0.15) is 0 Å². The van der Waals surface area contributed by atoms with Crippen molar-refractivity contribution in [3.63, 3.8) is 0 Å². The third-order valence-corrected chi connectivity index (χ3v) is 3.87. The fourth-order valence-electron chi connectivity index (χ4n) is 2.66. The standard InChI is InChI=1S/C10H16O/c1-6-4-7-8(5-9(6)11)10(7,2)3/h6-8H,4-5H2,1-3H3/t6?,7-,8+/m1/s1. The summed E-state index contributed by atoms with van der Waals surface area (Å²) in [7, 11) is 0. The van der Waals surface area contributed by atoms with Gasteiger partial charge in [-0.1, -0.05) is 20.8 Å². The molecular formula is C10H16O. The van der Waals surface area contributed by atoms with Crippen molar-refractivity contribution in [1.29, 1.82) is 0 Å². The zero-order valence-corrected chi connectivity index (χ0v) is 7.55. The summed E-state index contributed by atoms with van der Waals surface area (Å²) in [6, 6.07) is 0. The molecule has 2 rings (SSSR count). The van der Waals surface area contributed by atoms with Crippen LogP contribution in [-0.2, 0) is 4.79 Å². The van der Waals surface area contributed by atoms with E-state index >= 15 is 0 Å². The highest BCUT2D eigenvalue weighted by atomic mass is 16.1. The van der Waals surface area contributed by atoms with Gasteiger partial charge in [-0.3, -0.25) is 4.79 Å². The molecule has 0 spiro atoms. The zero-order chi connectivity index (χ0) is 8.22. The smallest absolute Gasteiger partial charge is 0.136 e. The van der Waals surface area contributed by atoms with Crippen molar-refractivity contribution in [3.05, 3.63) is 0 Å². The molecule has 2 saturated carbocycles. The van der Waals surface area contributed by atoms with Crippen molar-refractivity contribution in [2.45, 2.75) is 33.6 Å². The number of hydrogen-bond acceptors (Lipinski definition) is 1. The number of carbonyl (C=O) groups is 1. The van der Waals surface area contributed by atoms with Gasteiger partial charge in [0.05, 0.1) is 0 Å². The second-order valence-corrected chi connectivity index (χ2v) is 4.84. The van der Waals surface area contributed by atoms with Crippen molar-refractivity contribution >= 4 is 5.78 Å². The van der Waals surface area contributed by atoms with Crippen LogP contribution in [-0.4, -0.2) is 5.78 Å². The van der Waals surface area contributed by atoms with Crippen molar-refractivity contribution in [2.75, 3.05) is 0 Å². The lowest BCUT2D eigenvalue weighted by Gasteiger charge is -2.14. The molecule has 0 radical (unpaired) electrons. The predicted molar refractivity (Wildman–Crippen MR) is 44.2 cm³/mol. The quantitative estimate of drug-likeness (QED) is 0.520. The van der Waals surface area contributed by atoms with E-state index in [0.29, 0.717) is 17.1 Å². The summed E-state index contributed by atoms with van der Waals surface area (Å²) in [6.07, 6.45) is 2.01. The van der Waals surface area contributed by atoms with E-state index in [0.717, 1.165) is 24.7 Å². The van der Waals surface area contributed by atoms with Gasteiger partial charge < -0.3 is 0 Å². The highest BCUT2D eigenvalue weighted by Crippen LogP contribution is 2.64. The lowest BCUT2D eigenvalue weighted by molar-refractivity contribution is -0.124. The summed E-state index contributed by atoms with van der Waals surface area (Å²) in [5.74, 6) is 2.43. The Balaban J connectivity index is 2.12. The Bertz CT molecular complexity index is 205. The Morgan fingerprint density at radius 3 is 2.55 bits per heavy atom. The number of hydrogen-bond donors (Lipinski definition) is 0. The Kier molecular flexibility index (Phi) is 1.25. The van der Waals surface area contributed by atoms with Gasteiger partial charge >= 0.3 is 0 Å². The Labute approximate surface area is 68.2 Å². The molecule has 3 atom stereocenters. The molecule has 62 valence electrons. The van der Waals surface area contributed by atoms with Crippen LogP contribution in [0.5, 0.6) is 0 Å². The van der Waals surface area contributed by atoms with Gasteiger partial charge in [-0.25, -0.2) is 0 Å². The van der Waals surface area contributed by atoms with Crippen molar-refractivity contribution < 1.29 is 4.79 Å². The molecule has 2 aliphatic rings. The molecule has 0 aromatic carbocycles. The zero-order valence-electron chi connectivity index (χ0n) is 7.55. The lowest BCUT2D eigenvalue weighted by Crippen LogP contribution is -2.17. The molecular weight excluding hydrogens is 136 g/mol. The molecule has 0 aliphatic heterocycles. The first-order valence-electron chi connectivity index (χ1n) is 4.56. The fourth-order valence-corrected chi connectivity index (χ4v) is 2.66. The van der Waals surface area contributed by atoms with Crippen LogP contribution in [0.25, 0.3) is 0 Å². The summed E-state index contributed by atoms with van der Waals surface area (Å²) in [6.45, 7) is 6.67. The van der Waals surface area contributed by atoms with Crippen LogP contribution < -0.4 is 0 Å². The lowest BCUT2D eigenvalue weighted by atomic mass is 9.90. The Hall–Kier alpha value is -0.330. The van der Waals surface area contributed by atoms with Crippen LogP contribution in [0.4, 0.5) is 0 Å². The summed E-state index contributed by atoms with van der Waals surface area (Å²) in [5, 5.41) is 0. The van der Waals surface area contributed by atoms with Crippen LogP contribution >= 0.6 is 0 Å². The van der Waals surface area contributed by atoms with Crippen molar-refractivity contribution in [2.24, 2.45) is 23.2 Å². The highest BCUT2D eigenvalue weighted by molar-refractivity contribution is 5.82. The molecule has 0 saturated heterocycles. The molecule has 0 heterocycles. The number of ketones is 1. The van der Waals surface area contributed by atoms with Gasteiger partial charge in [0, 0.05) is 12.3 Å². The fraction of sp³-hybridized carbons (Fsp3) is 0.900. The number of carbonyl (C=O) groups excluding carboxylic acids is 1. The maximum Gasteiger partial charge on any atom is 0.136 e. The predicted octanol–water partition coefficient (Wildman–Crippen LogP) is 2.26. The van der Waals surface area contributed by atoms with Gasteiger partial charge in [0.25, 0.3) is 0 Å². The minimum absolute atomic E-state index is 0.345. The molecule has 0 bridgehead atoms. The third-order valence-electron chi connectivity index (χ3n) is 3.87. The SMILES string of the molecule is CC1C[C@@H]2[C@H](CC1=O)C2(C)C. The second kappa shape index (κ2) is 1.88. The van der Waals surface area contributed by atoms with Gasteiger partial charge in [-0.05, 0) is 23.7 Å². The Morgan fingerprint density at radius 1 is 1.36 bits per heavy atom. The van der Waals surface area contributed by atoms with E-state index in [1.165, 1.54) is 0 Å². The molecule has 1 heteroatoms. The van der Waals surface area contributed by atoms with E-state index < -0.39 is 0 Å². The van der Waals surface area contributed by atoms with E-state index in [1.807, 2.05) is 0 Å². The van der Waals surface area contributed by atoms with Gasteiger partial charge in [0.15, 0.2) is 0 Å². The molecule has 1 unspecified atom stereocenters. The summed E-state index contributed by atoms with van der Waals surface area (Å²) >= 11 is 0. The summed E-state index contributed by atoms with van der Waals surface area (Å²) in [4.78, 5) is 11.3. The van der Waals surface area contributed by atoms with E-state index in [4.69, 9.17) is 0 Å². The van der Waals surface area contributed by atoms with E-state index in [1.54, 1.807) is 0 Å². The first kappa shape index (κ1) is 7.33. The molecule has 0 N–H and O–H groups in total. The van der Waals surface area contributed by atoms with Crippen LogP contribution in [0.2, 0.25) is 0 Å². The van der Waals surface area contributed by atoms with Gasteiger partial charge in [-0.15, -0.1) is 0 Å². The van der Waals surface area contributed by atoms with Crippen molar-refractivity contribution in [3.8, 4) is 0 Å². The first-order chi connectivity index (χ1) is 5.03. The normalized spacial score (nSPS) is 46.8. The molecule has 1 nitrogen and oxygen atoms in total. The van der Waals surface area contributed by atoms with E-state index in [-0.39, 0.29) is 0 Å². The number of rotatable bonds is 0. The average Bonchev–Trinajstić information content (AvgIpc) is 2.39. The largest absolute Gasteiger partial charge is 0.299 e. The summed E-state index contributed by atoms with van der Waals surface area (Å²) < 4.78 is 0. The number of Topliss-reactive ketones (excluding diaryl/α,β-unsaturated/α-hetero) is 1. The Morgan fingerprint density at radius 2 is 2.00 bits per heavy atom. The van der Waals surface area contributed by atoms with Crippen LogP contribution in [0, 0.1) is 23.2 Å². The van der Waals surface area contributed by atoms with Gasteiger partial charge in [0.1, 0.15) is 5.78 Å². The summed E-state index contributed by atoms with van der Waals surface area (Å²) in [5.41, 5.74) is 0.487. The average molecular weight is 152 g/mol. The van der Waals surface area contributed by atoms with E-state index in [9.17, 15) is 4.79 Å². The van der Waals surface area contributed by atoms with Crippen LogP contribution in [0.3, 0.4) is 0 Å². The molecule has 11 heavy (non-hydrogen) atoms. The maximum atomic E-state index is 11.3. The second-order valence-electron chi connectivity index (χ2n) is 4.84. The molecule has 0 aromatic heterocycles. The van der Waals surface area contributed by atoms with Gasteiger partial charge in [0.2, 0.25) is 0 Å². The minimum atomic E-state index is 0.345. The van der Waals surface area contributed by atoms with E-state index in [2.05, 4.69) is 20.8 Å². The van der Waals surface area contributed by atoms with Crippen molar-refractivity contribution in [1.82, 2.24) is 0 Å². The monoisotopic (exact) mass is 152 g/mol. The molecule has 0 amide bonds. The molecule has 2 aliphatic carbocycles. The first-order valence-corrected chi connectivity index (χ1v) is 4.56. The number of fused-ring (bicyclic) bond motifs is 1.